The molecule has 0 bridgehead atoms. The molecule has 1 aliphatic heterocycles. The zero-order valence-electron chi connectivity index (χ0n) is 10.3. The predicted molar refractivity (Wildman–Crippen MR) is 71.2 cm³/mol. The highest BCUT2D eigenvalue weighted by Gasteiger charge is 2.17. The van der Waals surface area contributed by atoms with E-state index in [0.29, 0.717) is 6.79 Å². The molecule has 2 heterocycles. The lowest BCUT2D eigenvalue weighted by Gasteiger charge is -2.03. The molecule has 0 radical (unpaired) electrons. The topological polar surface area (TPSA) is 43.4 Å². The van der Waals surface area contributed by atoms with E-state index >= 15 is 0 Å². The molecule has 94 valence electrons. The Morgan fingerprint density at radius 2 is 2.17 bits per heavy atom. The molecule has 3 rings (SSSR count). The normalized spacial score (nSPS) is 13.0. The molecule has 4 nitrogen and oxygen atoms in total. The van der Waals surface area contributed by atoms with Crippen molar-refractivity contribution in [1.82, 2.24) is 10.3 Å². The average Bonchev–Trinajstić information content (AvgIpc) is 2.95. The third-order valence-electron chi connectivity index (χ3n) is 2.78. The number of nitrogens with one attached hydrogen (secondary N) is 1. The standard InChI is InChI=1S/C13H14N2O2S/c1-8-15-10(6-14-2)13(18-8)9-3-4-11-12(5-9)17-7-16-11/h3-5,14H,6-7H2,1-2H3. The third-order valence-corrected chi connectivity index (χ3v) is 3.85. The smallest absolute Gasteiger partial charge is 0.231 e. The first-order valence-electron chi connectivity index (χ1n) is 5.79. The molecule has 0 amide bonds. The molecule has 0 atom stereocenters. The van der Waals surface area contributed by atoms with Gasteiger partial charge in [0.05, 0.1) is 15.6 Å². The molecule has 18 heavy (non-hydrogen) atoms. The van der Waals surface area contributed by atoms with Gasteiger partial charge in [-0.2, -0.15) is 0 Å². The van der Waals surface area contributed by atoms with Gasteiger partial charge in [0, 0.05) is 6.54 Å². The van der Waals surface area contributed by atoms with Crippen molar-refractivity contribution in [2.45, 2.75) is 13.5 Å². The van der Waals surface area contributed by atoms with Crippen molar-refractivity contribution >= 4 is 11.3 Å². The van der Waals surface area contributed by atoms with Crippen LogP contribution >= 0.6 is 11.3 Å². The van der Waals surface area contributed by atoms with Crippen molar-refractivity contribution in [3.63, 3.8) is 0 Å². The minimum absolute atomic E-state index is 0.309. The van der Waals surface area contributed by atoms with Gasteiger partial charge < -0.3 is 14.8 Å². The molecule has 0 aliphatic carbocycles. The van der Waals surface area contributed by atoms with Gasteiger partial charge in [0.2, 0.25) is 6.79 Å². The summed E-state index contributed by atoms with van der Waals surface area (Å²) in [5, 5.41) is 4.22. The zero-order chi connectivity index (χ0) is 12.5. The van der Waals surface area contributed by atoms with Crippen molar-refractivity contribution in [3.8, 4) is 21.9 Å². The lowest BCUT2D eigenvalue weighted by molar-refractivity contribution is 0.174. The number of hydrogen-bond acceptors (Lipinski definition) is 5. The number of rotatable bonds is 3. The van der Waals surface area contributed by atoms with E-state index in [1.165, 1.54) is 4.88 Å². The van der Waals surface area contributed by atoms with Crippen LogP contribution in [0.3, 0.4) is 0 Å². The second-order valence-corrected chi connectivity index (χ2v) is 5.31. The third kappa shape index (κ3) is 1.95. The van der Waals surface area contributed by atoms with E-state index in [1.807, 2.05) is 26.1 Å². The fourth-order valence-electron chi connectivity index (χ4n) is 2.02. The lowest BCUT2D eigenvalue weighted by atomic mass is 10.1. The van der Waals surface area contributed by atoms with Crippen LogP contribution in [-0.4, -0.2) is 18.8 Å². The van der Waals surface area contributed by atoms with Gasteiger partial charge in [-0.05, 0) is 37.7 Å². The Kier molecular flexibility index (Phi) is 2.93. The lowest BCUT2D eigenvalue weighted by Crippen LogP contribution is -2.06. The summed E-state index contributed by atoms with van der Waals surface area (Å²) in [5.41, 5.74) is 2.22. The molecule has 1 N–H and O–H groups in total. The SMILES string of the molecule is CNCc1nc(C)sc1-c1ccc2c(c1)OCO2. The minimum Gasteiger partial charge on any atom is -0.454 e. The van der Waals surface area contributed by atoms with Crippen LogP contribution in [-0.2, 0) is 6.54 Å². The number of aromatic nitrogens is 1. The fourth-order valence-corrected chi connectivity index (χ4v) is 2.95. The van der Waals surface area contributed by atoms with Crippen LogP contribution in [0.4, 0.5) is 0 Å². The van der Waals surface area contributed by atoms with E-state index in [-0.39, 0.29) is 0 Å². The van der Waals surface area contributed by atoms with E-state index in [0.717, 1.165) is 34.3 Å². The molecule has 0 fully saturated rings. The first-order valence-corrected chi connectivity index (χ1v) is 6.60. The fraction of sp³-hybridized carbons (Fsp3) is 0.308. The van der Waals surface area contributed by atoms with Gasteiger partial charge in [-0.15, -0.1) is 11.3 Å². The van der Waals surface area contributed by atoms with E-state index in [1.54, 1.807) is 11.3 Å². The quantitative estimate of drug-likeness (QED) is 0.923. The van der Waals surface area contributed by atoms with E-state index in [9.17, 15) is 0 Å². The molecule has 0 spiro atoms. The molecule has 0 saturated carbocycles. The van der Waals surface area contributed by atoms with Gasteiger partial charge in [0.1, 0.15) is 0 Å². The molecule has 0 saturated heterocycles. The highest BCUT2D eigenvalue weighted by molar-refractivity contribution is 7.15. The largest absolute Gasteiger partial charge is 0.454 e. The Morgan fingerprint density at radius 3 is 3.00 bits per heavy atom. The summed E-state index contributed by atoms with van der Waals surface area (Å²) in [6.45, 7) is 3.11. The van der Waals surface area contributed by atoms with E-state index < -0.39 is 0 Å². The molecule has 1 aliphatic rings. The maximum atomic E-state index is 5.41. The summed E-state index contributed by atoms with van der Waals surface area (Å²) >= 11 is 1.71. The molecule has 0 unspecified atom stereocenters. The van der Waals surface area contributed by atoms with Gasteiger partial charge in [-0.3, -0.25) is 0 Å². The van der Waals surface area contributed by atoms with Crippen LogP contribution in [0.15, 0.2) is 18.2 Å². The van der Waals surface area contributed by atoms with Gasteiger partial charge in [-0.25, -0.2) is 4.98 Å². The average molecular weight is 262 g/mol. The summed E-state index contributed by atoms with van der Waals surface area (Å²) in [7, 11) is 1.93. The van der Waals surface area contributed by atoms with Gasteiger partial charge in [-0.1, -0.05) is 0 Å². The monoisotopic (exact) mass is 262 g/mol. The maximum Gasteiger partial charge on any atom is 0.231 e. The van der Waals surface area contributed by atoms with E-state index in [4.69, 9.17) is 9.47 Å². The summed E-state index contributed by atoms with van der Waals surface area (Å²) in [4.78, 5) is 5.75. The number of thiazole rings is 1. The summed E-state index contributed by atoms with van der Waals surface area (Å²) < 4.78 is 10.7. The first kappa shape index (κ1) is 11.5. The molecular formula is C13H14N2O2S. The Balaban J connectivity index is 2.03. The van der Waals surface area contributed by atoms with Crippen LogP contribution in [0.1, 0.15) is 10.7 Å². The van der Waals surface area contributed by atoms with Gasteiger partial charge in [0.15, 0.2) is 11.5 Å². The summed E-state index contributed by atoms with van der Waals surface area (Å²) in [6, 6.07) is 6.03. The number of ether oxygens (including phenoxy) is 2. The molecular weight excluding hydrogens is 248 g/mol. The molecule has 5 heteroatoms. The Hall–Kier alpha value is -1.59. The van der Waals surface area contributed by atoms with Crippen LogP contribution < -0.4 is 14.8 Å². The second-order valence-electron chi connectivity index (χ2n) is 4.11. The van der Waals surface area contributed by atoms with E-state index in [2.05, 4.69) is 16.4 Å². The maximum absolute atomic E-state index is 5.41. The Bertz CT molecular complexity index is 580. The van der Waals surface area contributed by atoms with Crippen molar-refractivity contribution in [2.75, 3.05) is 13.8 Å². The summed E-state index contributed by atoms with van der Waals surface area (Å²) in [5.74, 6) is 1.63. The molecule has 1 aromatic carbocycles. The molecule has 2 aromatic rings. The number of nitrogens with zero attached hydrogens (tertiary/aromatic N) is 1. The zero-order valence-corrected chi connectivity index (χ0v) is 11.1. The van der Waals surface area contributed by atoms with Crippen LogP contribution in [0.5, 0.6) is 11.5 Å². The first-order chi connectivity index (χ1) is 8.78. The minimum atomic E-state index is 0.309. The van der Waals surface area contributed by atoms with Gasteiger partial charge in [0.25, 0.3) is 0 Å². The van der Waals surface area contributed by atoms with Crippen LogP contribution in [0, 0.1) is 6.92 Å². The van der Waals surface area contributed by atoms with Crippen molar-refractivity contribution in [2.24, 2.45) is 0 Å². The predicted octanol–water partition coefficient (Wildman–Crippen LogP) is 2.57. The van der Waals surface area contributed by atoms with Gasteiger partial charge >= 0.3 is 0 Å². The summed E-state index contributed by atoms with van der Waals surface area (Å²) in [6.07, 6.45) is 0. The van der Waals surface area contributed by atoms with Crippen LogP contribution in [0.25, 0.3) is 10.4 Å². The number of fused-ring (bicyclic) bond motifs is 1. The van der Waals surface area contributed by atoms with Crippen molar-refractivity contribution in [1.29, 1.82) is 0 Å². The highest BCUT2D eigenvalue weighted by atomic mass is 32.1. The van der Waals surface area contributed by atoms with Crippen LogP contribution in [0.2, 0.25) is 0 Å². The highest BCUT2D eigenvalue weighted by Crippen LogP contribution is 2.38. The number of hydrogen-bond donors (Lipinski definition) is 1. The molecule has 1 aromatic heterocycles. The van der Waals surface area contributed by atoms with Crippen molar-refractivity contribution < 1.29 is 9.47 Å². The Labute approximate surface area is 110 Å². The second kappa shape index (κ2) is 4.59. The number of aryl methyl sites for hydroxylation is 1. The number of benzene rings is 1. The van der Waals surface area contributed by atoms with Crippen molar-refractivity contribution in [3.05, 3.63) is 28.9 Å². The Morgan fingerprint density at radius 1 is 1.33 bits per heavy atom.